The molecular formula is C16H24N4. The van der Waals surface area contributed by atoms with Gasteiger partial charge in [-0.1, -0.05) is 0 Å². The highest BCUT2D eigenvalue weighted by Crippen LogP contribution is 2.42. The van der Waals surface area contributed by atoms with Gasteiger partial charge in [-0.25, -0.2) is 9.97 Å². The molecule has 2 bridgehead atoms. The molecule has 4 rings (SSSR count). The van der Waals surface area contributed by atoms with Crippen LogP contribution in [0.25, 0.3) is 0 Å². The van der Waals surface area contributed by atoms with Crippen molar-refractivity contribution in [3.05, 3.63) is 17.1 Å². The minimum atomic E-state index is 0.571. The summed E-state index contributed by atoms with van der Waals surface area (Å²) in [7, 11) is 4.28. The number of anilines is 1. The maximum Gasteiger partial charge on any atom is 0.134 e. The van der Waals surface area contributed by atoms with E-state index in [1.807, 2.05) is 7.05 Å². The SMILES string of the molecule is CNc1nc(C2CC3CCC(C2)N3C)nc2c1CCC2. The predicted molar refractivity (Wildman–Crippen MR) is 80.2 cm³/mol. The molecule has 0 radical (unpaired) electrons. The lowest BCUT2D eigenvalue weighted by molar-refractivity contribution is 0.159. The first-order valence-electron chi connectivity index (χ1n) is 8.05. The third kappa shape index (κ3) is 1.85. The molecule has 0 saturated carbocycles. The van der Waals surface area contributed by atoms with Crippen LogP contribution in [0.2, 0.25) is 0 Å². The fourth-order valence-electron chi connectivity index (χ4n) is 4.46. The lowest BCUT2D eigenvalue weighted by Gasteiger charge is -2.35. The van der Waals surface area contributed by atoms with Gasteiger partial charge < -0.3 is 10.2 Å². The Bertz CT molecular complexity index is 513. The quantitative estimate of drug-likeness (QED) is 0.897. The van der Waals surface area contributed by atoms with Gasteiger partial charge in [0.25, 0.3) is 0 Å². The van der Waals surface area contributed by atoms with Crippen LogP contribution < -0.4 is 5.32 Å². The Morgan fingerprint density at radius 1 is 1.10 bits per heavy atom. The molecule has 3 aliphatic rings. The van der Waals surface area contributed by atoms with Crippen molar-refractivity contribution < 1.29 is 0 Å². The third-order valence-electron chi connectivity index (χ3n) is 5.65. The molecule has 1 aromatic heterocycles. The number of hydrogen-bond acceptors (Lipinski definition) is 4. The van der Waals surface area contributed by atoms with Gasteiger partial charge in [0.15, 0.2) is 0 Å². The number of nitrogens with zero attached hydrogens (tertiary/aromatic N) is 3. The standard InChI is InChI=1S/C16H24N4/c1-17-16-13-4-3-5-14(13)18-15(19-16)10-8-11-6-7-12(9-10)20(11)2/h10-12H,3-9H2,1-2H3,(H,17,18,19). The van der Waals surface area contributed by atoms with Crippen LogP contribution in [0.5, 0.6) is 0 Å². The van der Waals surface area contributed by atoms with Crippen LogP contribution in [0.1, 0.15) is 55.1 Å². The number of fused-ring (bicyclic) bond motifs is 3. The van der Waals surface area contributed by atoms with Crippen molar-refractivity contribution in [2.75, 3.05) is 19.4 Å². The van der Waals surface area contributed by atoms with E-state index in [-0.39, 0.29) is 0 Å². The van der Waals surface area contributed by atoms with Gasteiger partial charge in [0, 0.05) is 36.3 Å². The maximum absolute atomic E-state index is 4.94. The summed E-state index contributed by atoms with van der Waals surface area (Å²) in [4.78, 5) is 12.4. The van der Waals surface area contributed by atoms with E-state index in [9.17, 15) is 0 Å². The molecule has 4 nitrogen and oxygen atoms in total. The lowest BCUT2D eigenvalue weighted by Crippen LogP contribution is -2.39. The van der Waals surface area contributed by atoms with Gasteiger partial charge in [-0.2, -0.15) is 0 Å². The summed E-state index contributed by atoms with van der Waals surface area (Å²) in [5.74, 6) is 2.77. The minimum Gasteiger partial charge on any atom is -0.373 e. The van der Waals surface area contributed by atoms with Gasteiger partial charge in [-0.15, -0.1) is 0 Å². The van der Waals surface area contributed by atoms with E-state index in [4.69, 9.17) is 9.97 Å². The van der Waals surface area contributed by atoms with Crippen molar-refractivity contribution in [3.8, 4) is 0 Å². The highest BCUT2D eigenvalue weighted by atomic mass is 15.2. The van der Waals surface area contributed by atoms with Gasteiger partial charge in [0.1, 0.15) is 11.6 Å². The monoisotopic (exact) mass is 272 g/mol. The van der Waals surface area contributed by atoms with Crippen LogP contribution in [-0.2, 0) is 12.8 Å². The second-order valence-electron chi connectivity index (χ2n) is 6.68. The molecule has 0 spiro atoms. The van der Waals surface area contributed by atoms with Crippen LogP contribution in [-0.4, -0.2) is 41.0 Å². The first kappa shape index (κ1) is 12.6. The minimum absolute atomic E-state index is 0.571. The summed E-state index contributed by atoms with van der Waals surface area (Å²) in [6.45, 7) is 0. The van der Waals surface area contributed by atoms with E-state index in [0.29, 0.717) is 5.92 Å². The number of hydrogen-bond donors (Lipinski definition) is 1. The van der Waals surface area contributed by atoms with Crippen molar-refractivity contribution in [1.29, 1.82) is 0 Å². The summed E-state index contributed by atoms with van der Waals surface area (Å²) in [6.07, 6.45) is 8.73. The van der Waals surface area contributed by atoms with Crippen LogP contribution in [0, 0.1) is 0 Å². The molecule has 1 aromatic rings. The normalized spacial score (nSPS) is 32.4. The Morgan fingerprint density at radius 2 is 1.85 bits per heavy atom. The van der Waals surface area contributed by atoms with Gasteiger partial charge in [-0.3, -0.25) is 0 Å². The molecule has 20 heavy (non-hydrogen) atoms. The Hall–Kier alpha value is -1.16. The highest BCUT2D eigenvalue weighted by molar-refractivity contribution is 5.48. The van der Waals surface area contributed by atoms with Gasteiger partial charge in [-0.05, 0) is 52.0 Å². The number of piperidine rings is 1. The van der Waals surface area contributed by atoms with Crippen LogP contribution >= 0.6 is 0 Å². The van der Waals surface area contributed by atoms with E-state index in [0.717, 1.165) is 36.6 Å². The largest absolute Gasteiger partial charge is 0.373 e. The van der Waals surface area contributed by atoms with E-state index in [1.54, 1.807) is 0 Å². The fourth-order valence-corrected chi connectivity index (χ4v) is 4.46. The van der Waals surface area contributed by atoms with E-state index >= 15 is 0 Å². The van der Waals surface area contributed by atoms with E-state index in [2.05, 4.69) is 17.3 Å². The molecule has 2 saturated heterocycles. The second-order valence-corrected chi connectivity index (χ2v) is 6.68. The molecule has 2 atom stereocenters. The number of aromatic nitrogens is 2. The molecule has 2 fully saturated rings. The molecular weight excluding hydrogens is 248 g/mol. The molecule has 1 aliphatic carbocycles. The maximum atomic E-state index is 4.94. The molecule has 0 amide bonds. The first-order chi connectivity index (χ1) is 9.76. The summed E-state index contributed by atoms with van der Waals surface area (Å²) >= 11 is 0. The zero-order valence-corrected chi connectivity index (χ0v) is 12.5. The van der Waals surface area contributed by atoms with Gasteiger partial charge >= 0.3 is 0 Å². The summed E-state index contributed by atoms with van der Waals surface area (Å²) in [6, 6.07) is 1.52. The molecule has 108 valence electrons. The molecule has 2 unspecified atom stereocenters. The van der Waals surface area contributed by atoms with Crippen molar-refractivity contribution in [2.24, 2.45) is 0 Å². The van der Waals surface area contributed by atoms with Crippen molar-refractivity contribution in [2.45, 2.75) is 62.9 Å². The zero-order chi connectivity index (χ0) is 13.7. The molecule has 2 aliphatic heterocycles. The van der Waals surface area contributed by atoms with Crippen LogP contribution in [0.4, 0.5) is 5.82 Å². The summed E-state index contributed by atoms with van der Waals surface area (Å²) in [5.41, 5.74) is 2.68. The average Bonchev–Trinajstić information content (AvgIpc) is 2.99. The van der Waals surface area contributed by atoms with Crippen molar-refractivity contribution in [3.63, 3.8) is 0 Å². The fraction of sp³-hybridized carbons (Fsp3) is 0.750. The van der Waals surface area contributed by atoms with Crippen LogP contribution in [0.15, 0.2) is 0 Å². The number of nitrogens with one attached hydrogen (secondary N) is 1. The Kier molecular flexibility index (Phi) is 2.95. The molecule has 4 heteroatoms. The third-order valence-corrected chi connectivity index (χ3v) is 5.65. The van der Waals surface area contributed by atoms with Crippen molar-refractivity contribution >= 4 is 5.82 Å². The van der Waals surface area contributed by atoms with Crippen molar-refractivity contribution in [1.82, 2.24) is 14.9 Å². The van der Waals surface area contributed by atoms with Gasteiger partial charge in [0.05, 0.1) is 0 Å². The topological polar surface area (TPSA) is 41.1 Å². The lowest BCUT2D eigenvalue weighted by atomic mass is 9.90. The summed E-state index contributed by atoms with van der Waals surface area (Å²) < 4.78 is 0. The Labute approximate surface area is 121 Å². The molecule has 1 N–H and O–H groups in total. The smallest absolute Gasteiger partial charge is 0.134 e. The summed E-state index contributed by atoms with van der Waals surface area (Å²) in [5, 5.41) is 3.29. The first-order valence-corrected chi connectivity index (χ1v) is 8.05. The van der Waals surface area contributed by atoms with E-state index < -0.39 is 0 Å². The molecule has 3 heterocycles. The second kappa shape index (κ2) is 4.69. The van der Waals surface area contributed by atoms with Crippen LogP contribution in [0.3, 0.4) is 0 Å². The molecule has 0 aromatic carbocycles. The Morgan fingerprint density at radius 3 is 2.55 bits per heavy atom. The Balaban J connectivity index is 1.66. The zero-order valence-electron chi connectivity index (χ0n) is 12.5. The van der Waals surface area contributed by atoms with E-state index in [1.165, 1.54) is 43.4 Å². The highest BCUT2D eigenvalue weighted by Gasteiger charge is 2.40. The number of aryl methyl sites for hydroxylation is 1. The average molecular weight is 272 g/mol. The number of rotatable bonds is 2. The predicted octanol–water partition coefficient (Wildman–Crippen LogP) is 2.35. The van der Waals surface area contributed by atoms with Gasteiger partial charge in [0.2, 0.25) is 0 Å².